The molecular formula is C25H33N7O. The van der Waals surface area contributed by atoms with Crippen molar-refractivity contribution in [3.8, 4) is 0 Å². The van der Waals surface area contributed by atoms with Crippen molar-refractivity contribution in [2.75, 3.05) is 18.0 Å². The summed E-state index contributed by atoms with van der Waals surface area (Å²) >= 11 is 0. The molecule has 6 rings (SSSR count). The molecule has 2 aliphatic carbocycles. The molecule has 0 aromatic carbocycles. The van der Waals surface area contributed by atoms with E-state index in [1.807, 2.05) is 20.0 Å². The molecule has 0 unspecified atom stereocenters. The third kappa shape index (κ3) is 4.09. The van der Waals surface area contributed by atoms with E-state index in [-0.39, 0.29) is 12.2 Å². The van der Waals surface area contributed by atoms with Gasteiger partial charge in [-0.25, -0.2) is 15.0 Å². The number of hydrogen-bond donors (Lipinski definition) is 0. The molecule has 3 aromatic rings. The van der Waals surface area contributed by atoms with Gasteiger partial charge in [0.25, 0.3) is 0 Å². The zero-order chi connectivity index (χ0) is 22.5. The second-order valence-electron chi connectivity index (χ2n) is 10.1. The summed E-state index contributed by atoms with van der Waals surface area (Å²) in [4.78, 5) is 22.1. The molecule has 8 nitrogen and oxygen atoms in total. The summed E-state index contributed by atoms with van der Waals surface area (Å²) in [5.41, 5.74) is 5.73. The molecule has 8 heteroatoms. The van der Waals surface area contributed by atoms with Crippen molar-refractivity contribution < 1.29 is 4.74 Å². The van der Waals surface area contributed by atoms with Gasteiger partial charge >= 0.3 is 0 Å². The van der Waals surface area contributed by atoms with Gasteiger partial charge in [-0.05, 0) is 46.5 Å². The van der Waals surface area contributed by atoms with Crippen molar-refractivity contribution in [1.29, 1.82) is 0 Å². The zero-order valence-corrected chi connectivity index (χ0v) is 19.9. The first-order valence-corrected chi connectivity index (χ1v) is 12.5. The summed E-state index contributed by atoms with van der Waals surface area (Å²) in [6.45, 7) is 7.64. The fraction of sp³-hybridized carbons (Fsp3) is 0.640. The third-order valence-corrected chi connectivity index (χ3v) is 7.41. The van der Waals surface area contributed by atoms with Gasteiger partial charge in [0.15, 0.2) is 5.65 Å². The lowest BCUT2D eigenvalue weighted by atomic mass is 9.86. The average Bonchev–Trinajstić information content (AvgIpc) is 3.55. The van der Waals surface area contributed by atoms with Gasteiger partial charge in [0.1, 0.15) is 11.6 Å². The molecule has 1 saturated heterocycles. The van der Waals surface area contributed by atoms with E-state index in [2.05, 4.69) is 27.8 Å². The first-order chi connectivity index (χ1) is 16.0. The monoisotopic (exact) mass is 447 g/mol. The Morgan fingerprint density at radius 2 is 1.70 bits per heavy atom. The molecule has 0 N–H and O–H groups in total. The topological polar surface area (TPSA) is 81.9 Å². The summed E-state index contributed by atoms with van der Waals surface area (Å²) in [6.07, 6.45) is 12.8. The predicted molar refractivity (Wildman–Crippen MR) is 126 cm³/mol. The summed E-state index contributed by atoms with van der Waals surface area (Å²) < 4.78 is 8.42. The summed E-state index contributed by atoms with van der Waals surface area (Å²) in [5, 5.41) is 4.58. The van der Waals surface area contributed by atoms with Gasteiger partial charge in [-0.2, -0.15) is 10.1 Å². The Kier molecular flexibility index (Phi) is 5.28. The van der Waals surface area contributed by atoms with E-state index >= 15 is 0 Å². The number of nitrogens with zero attached hydrogens (tertiary/aromatic N) is 7. The van der Waals surface area contributed by atoms with E-state index in [4.69, 9.17) is 24.7 Å². The smallest absolute Gasteiger partial charge is 0.227 e. The van der Waals surface area contributed by atoms with Crippen molar-refractivity contribution in [2.45, 2.75) is 89.9 Å². The SMILES string of the molecule is Cc1nc2nc(N3C[C@H](C)O[C@@H](c4cnn(C5CC5)c4)C3)nc(C3CCCCC3)c2nc1C. The van der Waals surface area contributed by atoms with Gasteiger partial charge in [-0.1, -0.05) is 19.3 Å². The second-order valence-corrected chi connectivity index (χ2v) is 10.1. The summed E-state index contributed by atoms with van der Waals surface area (Å²) in [5.74, 6) is 1.20. The minimum Gasteiger partial charge on any atom is -0.367 e. The minimum absolute atomic E-state index is 0.0375. The van der Waals surface area contributed by atoms with E-state index in [0.717, 1.165) is 46.3 Å². The first-order valence-electron chi connectivity index (χ1n) is 12.5. The molecule has 3 aliphatic rings. The highest BCUT2D eigenvalue weighted by molar-refractivity contribution is 5.75. The van der Waals surface area contributed by atoms with Gasteiger partial charge in [0, 0.05) is 24.2 Å². The van der Waals surface area contributed by atoms with E-state index in [9.17, 15) is 0 Å². The molecule has 3 aromatic heterocycles. The number of aromatic nitrogens is 6. The second kappa shape index (κ2) is 8.31. The van der Waals surface area contributed by atoms with Crippen LogP contribution in [0, 0.1) is 13.8 Å². The maximum absolute atomic E-state index is 6.33. The predicted octanol–water partition coefficient (Wildman–Crippen LogP) is 4.58. The number of fused-ring (bicyclic) bond motifs is 1. The maximum atomic E-state index is 6.33. The molecule has 3 fully saturated rings. The Morgan fingerprint density at radius 1 is 0.909 bits per heavy atom. The number of rotatable bonds is 4. The summed E-state index contributed by atoms with van der Waals surface area (Å²) in [6, 6.07) is 0.572. The van der Waals surface area contributed by atoms with Crippen molar-refractivity contribution >= 4 is 17.1 Å². The number of hydrogen-bond acceptors (Lipinski definition) is 7. The van der Waals surface area contributed by atoms with Crippen LogP contribution in [0.2, 0.25) is 0 Å². The fourth-order valence-corrected chi connectivity index (χ4v) is 5.28. The molecule has 0 bridgehead atoms. The number of ether oxygens (including phenoxy) is 1. The van der Waals surface area contributed by atoms with Crippen LogP contribution in [0.4, 0.5) is 5.95 Å². The maximum Gasteiger partial charge on any atom is 0.227 e. The summed E-state index contributed by atoms with van der Waals surface area (Å²) in [7, 11) is 0. The van der Waals surface area contributed by atoms with E-state index in [1.54, 1.807) is 0 Å². The quantitative estimate of drug-likeness (QED) is 0.579. The lowest BCUT2D eigenvalue weighted by molar-refractivity contribution is -0.0179. The normalized spacial score (nSPS) is 24.5. The van der Waals surface area contributed by atoms with Crippen molar-refractivity contribution in [2.24, 2.45) is 0 Å². The molecule has 0 radical (unpaired) electrons. The van der Waals surface area contributed by atoms with E-state index < -0.39 is 0 Å². The fourth-order valence-electron chi connectivity index (χ4n) is 5.28. The Morgan fingerprint density at radius 3 is 2.48 bits per heavy atom. The van der Waals surface area contributed by atoms with Crippen LogP contribution in [0.15, 0.2) is 12.4 Å². The van der Waals surface area contributed by atoms with Gasteiger partial charge < -0.3 is 9.64 Å². The van der Waals surface area contributed by atoms with Crippen molar-refractivity contribution in [1.82, 2.24) is 29.7 Å². The molecule has 1 aliphatic heterocycles. The standard InChI is InChI=1S/C25H33N7O/c1-15-12-31(14-21(33-15)19-11-26-32(13-19)20-9-10-20)25-29-22(18-7-5-4-6-8-18)23-24(30-25)28-17(3)16(2)27-23/h11,13,15,18,20-21H,4-10,12,14H2,1-3H3/t15-,21+/m0/s1. The lowest BCUT2D eigenvalue weighted by Gasteiger charge is -2.37. The average molecular weight is 448 g/mol. The lowest BCUT2D eigenvalue weighted by Crippen LogP contribution is -2.43. The Labute approximate surface area is 194 Å². The van der Waals surface area contributed by atoms with Crippen LogP contribution in [0.1, 0.15) is 92.6 Å². The molecule has 4 heterocycles. The van der Waals surface area contributed by atoms with Crippen LogP contribution >= 0.6 is 0 Å². The molecule has 0 amide bonds. The van der Waals surface area contributed by atoms with Crippen LogP contribution in [0.25, 0.3) is 11.2 Å². The molecule has 2 atom stereocenters. The van der Waals surface area contributed by atoms with Crippen LogP contribution in [0.5, 0.6) is 0 Å². The molecule has 174 valence electrons. The van der Waals surface area contributed by atoms with Crippen molar-refractivity contribution in [3.63, 3.8) is 0 Å². The van der Waals surface area contributed by atoms with Gasteiger partial charge in [0.05, 0.1) is 42.0 Å². The van der Waals surface area contributed by atoms with Gasteiger partial charge in [-0.15, -0.1) is 0 Å². The molecule has 2 saturated carbocycles. The number of aryl methyl sites for hydroxylation is 2. The number of anilines is 1. The van der Waals surface area contributed by atoms with Gasteiger partial charge in [-0.3, -0.25) is 4.68 Å². The highest BCUT2D eigenvalue weighted by Crippen LogP contribution is 2.37. The first kappa shape index (κ1) is 21.0. The minimum atomic E-state index is -0.0375. The van der Waals surface area contributed by atoms with Crippen LogP contribution in [0.3, 0.4) is 0 Å². The van der Waals surface area contributed by atoms with Crippen LogP contribution in [-0.4, -0.2) is 48.9 Å². The van der Waals surface area contributed by atoms with Gasteiger partial charge in [0.2, 0.25) is 5.95 Å². The Balaban J connectivity index is 1.37. The zero-order valence-electron chi connectivity index (χ0n) is 19.9. The van der Waals surface area contributed by atoms with Crippen molar-refractivity contribution in [3.05, 3.63) is 35.0 Å². The number of morpholine rings is 1. The highest BCUT2D eigenvalue weighted by Gasteiger charge is 2.32. The molecular weight excluding hydrogens is 414 g/mol. The van der Waals surface area contributed by atoms with Crippen LogP contribution < -0.4 is 4.90 Å². The van der Waals surface area contributed by atoms with E-state index in [0.29, 0.717) is 18.5 Å². The molecule has 0 spiro atoms. The third-order valence-electron chi connectivity index (χ3n) is 7.41. The van der Waals surface area contributed by atoms with E-state index in [1.165, 1.54) is 44.9 Å². The Hall–Kier alpha value is -2.61. The molecule has 33 heavy (non-hydrogen) atoms. The van der Waals surface area contributed by atoms with Crippen LogP contribution in [-0.2, 0) is 4.74 Å². The Bertz CT molecular complexity index is 1170. The largest absolute Gasteiger partial charge is 0.367 e. The highest BCUT2D eigenvalue weighted by atomic mass is 16.5.